The van der Waals surface area contributed by atoms with Crippen LogP contribution >= 0.6 is 0 Å². The highest BCUT2D eigenvalue weighted by atomic mass is 27.0. The van der Waals surface area contributed by atoms with Crippen LogP contribution in [0.3, 0.4) is 0 Å². The van der Waals surface area contributed by atoms with Crippen LogP contribution in [0.1, 0.15) is 53.4 Å². The van der Waals surface area contributed by atoms with E-state index < -0.39 is 0 Å². The van der Waals surface area contributed by atoms with Crippen molar-refractivity contribution in [2.45, 2.75) is 53.4 Å². The summed E-state index contributed by atoms with van der Waals surface area (Å²) >= 11 is 0. The molecule has 0 saturated heterocycles. The monoisotopic (exact) mass is 172 g/mol. The molecule has 11 heavy (non-hydrogen) atoms. The van der Waals surface area contributed by atoms with Crippen molar-refractivity contribution < 1.29 is 0 Å². The zero-order chi connectivity index (χ0) is 7.98. The van der Waals surface area contributed by atoms with Gasteiger partial charge in [0.2, 0.25) is 0 Å². The van der Waals surface area contributed by atoms with Gasteiger partial charge in [-0.2, -0.15) is 0 Å². The van der Waals surface area contributed by atoms with Crippen LogP contribution < -0.4 is 0 Å². The van der Waals surface area contributed by atoms with E-state index in [0.29, 0.717) is 0 Å². The molecule has 0 amide bonds. The summed E-state index contributed by atoms with van der Waals surface area (Å²) in [6.07, 6.45) is 5.54. The summed E-state index contributed by atoms with van der Waals surface area (Å²) in [4.78, 5) is 0. The Morgan fingerprint density at radius 2 is 1.27 bits per heavy atom. The van der Waals surface area contributed by atoms with Gasteiger partial charge in [-0.25, -0.2) is 0 Å². The Balaban J connectivity index is 0. The van der Waals surface area contributed by atoms with Crippen molar-refractivity contribution in [3.63, 3.8) is 0 Å². The Morgan fingerprint density at radius 1 is 0.909 bits per heavy atom. The zero-order valence-electron chi connectivity index (χ0n) is 7.98. The van der Waals surface area contributed by atoms with Gasteiger partial charge in [0.15, 0.2) is 17.4 Å². The lowest BCUT2D eigenvalue weighted by Gasteiger charge is -2.18. The van der Waals surface area contributed by atoms with Gasteiger partial charge in [0.25, 0.3) is 0 Å². The first-order valence-electron chi connectivity index (χ1n) is 4.72. The molecule has 1 heteroatoms. The van der Waals surface area contributed by atoms with Crippen LogP contribution in [-0.2, 0) is 0 Å². The van der Waals surface area contributed by atoms with Crippen LogP contribution in [0.2, 0.25) is 0 Å². The van der Waals surface area contributed by atoms with Gasteiger partial charge in [0.1, 0.15) is 0 Å². The average molecular weight is 172 g/mol. The summed E-state index contributed by atoms with van der Waals surface area (Å²) in [6, 6.07) is 0. The van der Waals surface area contributed by atoms with E-state index in [1.54, 1.807) is 0 Å². The third-order valence-electron chi connectivity index (χ3n) is 2.26. The minimum atomic E-state index is 0. The number of rotatable bonds is 5. The van der Waals surface area contributed by atoms with E-state index in [2.05, 4.69) is 27.7 Å². The summed E-state index contributed by atoms with van der Waals surface area (Å²) in [5.41, 5.74) is 0. The summed E-state index contributed by atoms with van der Waals surface area (Å²) in [5, 5.41) is 0. The predicted molar refractivity (Wildman–Crippen MR) is 58.1 cm³/mol. The number of hydrogen-bond acceptors (Lipinski definition) is 0. The van der Waals surface area contributed by atoms with Gasteiger partial charge in [-0.05, 0) is 11.8 Å². The molecule has 0 N–H and O–H groups in total. The minimum Gasteiger partial charge on any atom is -0.0654 e. The van der Waals surface area contributed by atoms with Gasteiger partial charge in [-0.15, -0.1) is 0 Å². The standard InChI is InChI=1S/C10H22.Al.3H/c1-5-7-10(8-6-2)9(3)4;;;;/h9-10H,5-8H2,1-4H3;;;;. The van der Waals surface area contributed by atoms with E-state index >= 15 is 0 Å². The van der Waals surface area contributed by atoms with E-state index in [0.717, 1.165) is 11.8 Å². The summed E-state index contributed by atoms with van der Waals surface area (Å²) < 4.78 is 0. The van der Waals surface area contributed by atoms with Crippen molar-refractivity contribution in [3.05, 3.63) is 0 Å². The zero-order valence-corrected chi connectivity index (χ0v) is 7.98. The molecule has 0 fully saturated rings. The molecule has 0 aliphatic rings. The lowest BCUT2D eigenvalue weighted by atomic mass is 9.88. The third kappa shape index (κ3) is 6.91. The second kappa shape index (κ2) is 8.63. The van der Waals surface area contributed by atoms with E-state index in [1.165, 1.54) is 25.7 Å². The molecule has 0 aromatic rings. The predicted octanol–water partition coefficient (Wildman–Crippen LogP) is 2.67. The quantitative estimate of drug-likeness (QED) is 0.559. The molecule has 0 aromatic heterocycles. The van der Waals surface area contributed by atoms with Gasteiger partial charge >= 0.3 is 0 Å². The lowest BCUT2D eigenvalue weighted by molar-refractivity contribution is 0.331. The van der Waals surface area contributed by atoms with Crippen LogP contribution in [0.5, 0.6) is 0 Å². The SMILES string of the molecule is CCCC(CCC)C(C)C.[AlH3]. The van der Waals surface area contributed by atoms with Gasteiger partial charge in [-0.3, -0.25) is 0 Å². The normalized spacial score (nSPS) is 10.4. The second-order valence-electron chi connectivity index (χ2n) is 3.58. The Kier molecular flexibility index (Phi) is 11.0. The van der Waals surface area contributed by atoms with Crippen LogP contribution in [0.25, 0.3) is 0 Å². The third-order valence-corrected chi connectivity index (χ3v) is 2.26. The Hall–Kier alpha value is 0.532. The number of hydrogen-bond donors (Lipinski definition) is 0. The van der Waals surface area contributed by atoms with E-state index in [4.69, 9.17) is 0 Å². The van der Waals surface area contributed by atoms with Crippen LogP contribution in [0, 0.1) is 11.8 Å². The molecule has 68 valence electrons. The fourth-order valence-electron chi connectivity index (χ4n) is 1.55. The van der Waals surface area contributed by atoms with E-state index in [9.17, 15) is 0 Å². The maximum absolute atomic E-state index is 2.34. The van der Waals surface area contributed by atoms with Crippen LogP contribution in [-0.4, -0.2) is 17.4 Å². The van der Waals surface area contributed by atoms with Crippen LogP contribution in [0.15, 0.2) is 0 Å². The van der Waals surface area contributed by atoms with Gasteiger partial charge < -0.3 is 0 Å². The second-order valence-corrected chi connectivity index (χ2v) is 3.58. The smallest absolute Gasteiger partial charge is 0.0654 e. The van der Waals surface area contributed by atoms with Gasteiger partial charge in [0.05, 0.1) is 0 Å². The van der Waals surface area contributed by atoms with Crippen molar-refractivity contribution in [1.29, 1.82) is 0 Å². The molecule has 0 unspecified atom stereocenters. The molecule has 0 radical (unpaired) electrons. The molecule has 0 aliphatic heterocycles. The maximum Gasteiger partial charge on any atom is 0.187 e. The molecule has 0 aliphatic carbocycles. The summed E-state index contributed by atoms with van der Waals surface area (Å²) in [7, 11) is 0. The molecule has 0 aromatic carbocycles. The first-order valence-corrected chi connectivity index (χ1v) is 4.72. The Bertz CT molecular complexity index is 63.3. The van der Waals surface area contributed by atoms with E-state index in [1.807, 2.05) is 0 Å². The molecular formula is C10H25Al. The van der Waals surface area contributed by atoms with Crippen molar-refractivity contribution in [2.75, 3.05) is 0 Å². The van der Waals surface area contributed by atoms with Crippen molar-refractivity contribution in [3.8, 4) is 0 Å². The molecule has 0 spiro atoms. The largest absolute Gasteiger partial charge is 0.187 e. The fraction of sp³-hybridized carbons (Fsp3) is 1.00. The van der Waals surface area contributed by atoms with Crippen LogP contribution in [0.4, 0.5) is 0 Å². The molecule has 0 bridgehead atoms. The Morgan fingerprint density at radius 3 is 1.45 bits per heavy atom. The maximum atomic E-state index is 2.34. The molecular weight excluding hydrogens is 147 g/mol. The van der Waals surface area contributed by atoms with Crippen molar-refractivity contribution in [2.24, 2.45) is 11.8 Å². The van der Waals surface area contributed by atoms with Crippen molar-refractivity contribution in [1.82, 2.24) is 0 Å². The summed E-state index contributed by atoms with van der Waals surface area (Å²) in [6.45, 7) is 9.25. The highest BCUT2D eigenvalue weighted by Crippen LogP contribution is 2.21. The topological polar surface area (TPSA) is 0 Å². The first kappa shape index (κ1) is 14.1. The molecule has 0 rings (SSSR count). The summed E-state index contributed by atoms with van der Waals surface area (Å²) in [5.74, 6) is 1.87. The molecule has 0 nitrogen and oxygen atoms in total. The van der Waals surface area contributed by atoms with Crippen molar-refractivity contribution >= 4 is 17.4 Å². The first-order chi connectivity index (χ1) is 4.72. The fourth-order valence-corrected chi connectivity index (χ4v) is 1.55. The lowest BCUT2D eigenvalue weighted by Crippen LogP contribution is -2.07. The average Bonchev–Trinajstić information content (AvgIpc) is 1.87. The van der Waals surface area contributed by atoms with Gasteiger partial charge in [0, 0.05) is 0 Å². The Labute approximate surface area is 82.9 Å². The molecule has 0 heterocycles. The highest BCUT2D eigenvalue weighted by Gasteiger charge is 2.09. The molecule has 0 atom stereocenters. The van der Waals surface area contributed by atoms with Gasteiger partial charge in [-0.1, -0.05) is 53.4 Å². The minimum absolute atomic E-state index is 0. The highest BCUT2D eigenvalue weighted by molar-refractivity contribution is 5.75. The van der Waals surface area contributed by atoms with E-state index in [-0.39, 0.29) is 17.4 Å². The molecule has 0 saturated carbocycles.